The highest BCUT2D eigenvalue weighted by atomic mass is 16.1. The van der Waals surface area contributed by atoms with Gasteiger partial charge in [-0.25, -0.2) is 4.48 Å². The monoisotopic (exact) mass is 420 g/mol. The van der Waals surface area contributed by atoms with E-state index in [1.54, 1.807) is 0 Å². The second kappa shape index (κ2) is 10.7. The lowest BCUT2D eigenvalue weighted by molar-refractivity contribution is -0.119. The molecule has 0 amide bonds. The van der Waals surface area contributed by atoms with Gasteiger partial charge >= 0.3 is 0 Å². The SMILES string of the molecule is O=C(CCC[N+](c1ccccc1)(c1ccccc1)c1ccccc1)CCc1ccccc1. The molecule has 32 heavy (non-hydrogen) atoms. The van der Waals surface area contributed by atoms with Crippen LogP contribution < -0.4 is 4.48 Å². The van der Waals surface area contributed by atoms with Crippen LogP contribution in [0.5, 0.6) is 0 Å². The van der Waals surface area contributed by atoms with Gasteiger partial charge < -0.3 is 0 Å². The second-order valence-corrected chi connectivity index (χ2v) is 8.17. The first-order chi connectivity index (χ1) is 15.8. The van der Waals surface area contributed by atoms with Gasteiger partial charge in [0, 0.05) is 19.3 Å². The van der Waals surface area contributed by atoms with Crippen molar-refractivity contribution < 1.29 is 4.79 Å². The van der Waals surface area contributed by atoms with Crippen molar-refractivity contribution in [1.29, 1.82) is 0 Å². The predicted octanol–water partition coefficient (Wildman–Crippen LogP) is 7.64. The zero-order chi connectivity index (χ0) is 22.1. The van der Waals surface area contributed by atoms with Crippen LogP contribution in [-0.4, -0.2) is 12.3 Å². The molecule has 4 rings (SSSR count). The molecule has 160 valence electrons. The Bertz CT molecular complexity index is 996. The molecular formula is C30H30NO+. The van der Waals surface area contributed by atoms with Gasteiger partial charge in [0.15, 0.2) is 0 Å². The van der Waals surface area contributed by atoms with Crippen molar-refractivity contribution in [2.45, 2.75) is 25.7 Å². The highest BCUT2D eigenvalue weighted by Gasteiger charge is 2.35. The van der Waals surface area contributed by atoms with E-state index in [1.165, 1.54) is 22.6 Å². The minimum absolute atomic E-state index is 0.334. The summed E-state index contributed by atoms with van der Waals surface area (Å²) in [5, 5.41) is 0. The van der Waals surface area contributed by atoms with E-state index in [2.05, 4.69) is 103 Å². The van der Waals surface area contributed by atoms with Gasteiger partial charge in [-0.1, -0.05) is 84.9 Å². The predicted molar refractivity (Wildman–Crippen MR) is 134 cm³/mol. The van der Waals surface area contributed by atoms with Gasteiger partial charge in [0.2, 0.25) is 0 Å². The molecule has 0 saturated heterocycles. The molecule has 0 spiro atoms. The molecule has 2 heteroatoms. The van der Waals surface area contributed by atoms with Crippen LogP contribution in [0, 0.1) is 0 Å². The number of aryl methyl sites for hydroxylation is 1. The summed E-state index contributed by atoms with van der Waals surface area (Å²) in [6.45, 7) is 0.828. The smallest absolute Gasteiger partial charge is 0.143 e. The molecule has 0 fully saturated rings. The van der Waals surface area contributed by atoms with Crippen molar-refractivity contribution in [2.75, 3.05) is 6.54 Å². The Balaban J connectivity index is 1.58. The molecule has 0 atom stereocenters. The quantitative estimate of drug-likeness (QED) is 0.241. The van der Waals surface area contributed by atoms with Gasteiger partial charge in [0.05, 0.1) is 6.54 Å². The van der Waals surface area contributed by atoms with Crippen molar-refractivity contribution in [3.63, 3.8) is 0 Å². The normalized spacial score (nSPS) is 11.2. The molecule has 0 aliphatic rings. The van der Waals surface area contributed by atoms with Gasteiger partial charge in [-0.3, -0.25) is 4.79 Å². The van der Waals surface area contributed by atoms with Crippen LogP contribution in [0.25, 0.3) is 0 Å². The molecular weight excluding hydrogens is 390 g/mol. The van der Waals surface area contributed by atoms with Crippen molar-refractivity contribution in [3.8, 4) is 0 Å². The lowest BCUT2D eigenvalue weighted by atomic mass is 10.0. The summed E-state index contributed by atoms with van der Waals surface area (Å²) < 4.78 is 0.606. The average Bonchev–Trinajstić information content (AvgIpc) is 2.88. The highest BCUT2D eigenvalue weighted by molar-refractivity contribution is 5.79. The summed E-state index contributed by atoms with van der Waals surface area (Å²) in [7, 11) is 0. The number of para-hydroxylation sites is 3. The van der Waals surface area contributed by atoms with Crippen LogP contribution >= 0.6 is 0 Å². The first kappa shape index (κ1) is 21.7. The summed E-state index contributed by atoms with van der Waals surface area (Å²) in [4.78, 5) is 12.7. The number of quaternary nitrogens is 1. The van der Waals surface area contributed by atoms with Crippen molar-refractivity contribution in [2.24, 2.45) is 0 Å². The van der Waals surface area contributed by atoms with E-state index in [9.17, 15) is 4.79 Å². The summed E-state index contributed by atoms with van der Waals surface area (Å²) in [5.74, 6) is 0.334. The molecule has 0 aromatic heterocycles. The number of ketones is 1. The lowest BCUT2D eigenvalue weighted by Gasteiger charge is -2.37. The molecule has 0 radical (unpaired) electrons. The molecule has 0 heterocycles. The van der Waals surface area contributed by atoms with Gasteiger partial charge in [-0.2, -0.15) is 0 Å². The largest absolute Gasteiger partial charge is 0.300 e. The summed E-state index contributed by atoms with van der Waals surface area (Å²) in [6, 6.07) is 42.2. The molecule has 4 aromatic carbocycles. The Morgan fingerprint density at radius 3 is 1.38 bits per heavy atom. The number of benzene rings is 4. The van der Waals surface area contributed by atoms with Gasteiger partial charge in [-0.15, -0.1) is 0 Å². The third-order valence-electron chi connectivity index (χ3n) is 6.08. The third kappa shape index (κ3) is 5.04. The summed E-state index contributed by atoms with van der Waals surface area (Å²) >= 11 is 0. The van der Waals surface area contributed by atoms with Crippen molar-refractivity contribution >= 4 is 22.8 Å². The number of hydrogen-bond donors (Lipinski definition) is 0. The molecule has 0 N–H and O–H groups in total. The Morgan fingerprint density at radius 1 is 0.531 bits per heavy atom. The Kier molecular flexibility index (Phi) is 7.27. The Labute approximate surface area is 191 Å². The van der Waals surface area contributed by atoms with Crippen LogP contribution in [0.4, 0.5) is 17.1 Å². The molecule has 4 aromatic rings. The Morgan fingerprint density at radius 2 is 0.938 bits per heavy atom. The van der Waals surface area contributed by atoms with Gasteiger partial charge in [0.1, 0.15) is 22.8 Å². The molecule has 2 nitrogen and oxygen atoms in total. The molecule has 0 unspecified atom stereocenters. The standard InChI is InChI=1S/C30H30NO/c32-30(24-23-26-14-5-1-6-15-26)22-13-25-31(27-16-7-2-8-17-27,28-18-9-3-10-19-28)29-20-11-4-12-21-29/h1-12,14-21H,13,22-25H2/q+1. The first-order valence-corrected chi connectivity index (χ1v) is 11.4. The highest BCUT2D eigenvalue weighted by Crippen LogP contribution is 2.43. The van der Waals surface area contributed by atoms with E-state index in [0.717, 1.165) is 19.4 Å². The molecule has 0 aliphatic carbocycles. The lowest BCUT2D eigenvalue weighted by Crippen LogP contribution is -2.40. The fraction of sp³-hybridized carbons (Fsp3) is 0.167. The fourth-order valence-electron chi connectivity index (χ4n) is 4.45. The summed E-state index contributed by atoms with van der Waals surface area (Å²) in [6.07, 6.45) is 2.84. The Hall–Kier alpha value is -3.49. The minimum Gasteiger partial charge on any atom is -0.300 e. The number of hydrogen-bond acceptors (Lipinski definition) is 1. The van der Waals surface area contributed by atoms with E-state index in [-0.39, 0.29) is 0 Å². The first-order valence-electron chi connectivity index (χ1n) is 11.4. The average molecular weight is 421 g/mol. The number of rotatable bonds is 10. The van der Waals surface area contributed by atoms with Crippen LogP contribution in [0.2, 0.25) is 0 Å². The molecule has 0 bridgehead atoms. The molecule has 0 saturated carbocycles. The minimum atomic E-state index is 0.334. The number of nitrogens with zero attached hydrogens (tertiary/aromatic N) is 1. The van der Waals surface area contributed by atoms with Crippen LogP contribution in [0.1, 0.15) is 24.8 Å². The van der Waals surface area contributed by atoms with Crippen molar-refractivity contribution in [3.05, 3.63) is 127 Å². The zero-order valence-electron chi connectivity index (χ0n) is 18.4. The number of carbonyl (C=O) groups excluding carboxylic acids is 1. The van der Waals surface area contributed by atoms with Gasteiger partial charge in [0.25, 0.3) is 0 Å². The maximum atomic E-state index is 12.7. The topological polar surface area (TPSA) is 17.1 Å². The van der Waals surface area contributed by atoms with E-state index in [0.29, 0.717) is 23.1 Å². The third-order valence-corrected chi connectivity index (χ3v) is 6.08. The summed E-state index contributed by atoms with van der Waals surface area (Å²) in [5.41, 5.74) is 4.86. The van der Waals surface area contributed by atoms with Gasteiger partial charge in [-0.05, 0) is 48.4 Å². The van der Waals surface area contributed by atoms with E-state index in [4.69, 9.17) is 0 Å². The van der Waals surface area contributed by atoms with Crippen LogP contribution in [0.3, 0.4) is 0 Å². The van der Waals surface area contributed by atoms with E-state index in [1.807, 2.05) is 18.2 Å². The van der Waals surface area contributed by atoms with E-state index >= 15 is 0 Å². The molecule has 0 aliphatic heterocycles. The van der Waals surface area contributed by atoms with Crippen LogP contribution in [-0.2, 0) is 11.2 Å². The number of Topliss-reactive ketones (excluding diaryl/α,β-unsaturated/α-hetero) is 1. The number of carbonyl (C=O) groups is 1. The zero-order valence-corrected chi connectivity index (χ0v) is 18.4. The van der Waals surface area contributed by atoms with Crippen molar-refractivity contribution in [1.82, 2.24) is 4.48 Å². The van der Waals surface area contributed by atoms with Crippen LogP contribution in [0.15, 0.2) is 121 Å². The fourth-order valence-corrected chi connectivity index (χ4v) is 4.45. The van der Waals surface area contributed by atoms with E-state index < -0.39 is 0 Å². The maximum Gasteiger partial charge on any atom is 0.143 e. The maximum absolute atomic E-state index is 12.7. The second-order valence-electron chi connectivity index (χ2n) is 8.17.